The summed E-state index contributed by atoms with van der Waals surface area (Å²) < 4.78 is 10.1. The van der Waals surface area contributed by atoms with Crippen LogP contribution in [-0.4, -0.2) is 25.4 Å². The third kappa shape index (κ3) is 2.52. The third-order valence-corrected chi connectivity index (χ3v) is 1.57. The molecule has 13 heavy (non-hydrogen) atoms. The molecule has 0 saturated heterocycles. The molecule has 0 saturated carbocycles. The van der Waals surface area contributed by atoms with Crippen LogP contribution in [0.2, 0.25) is 0 Å². The molecule has 0 atom stereocenters. The normalized spacial score (nSPS) is 9.69. The van der Waals surface area contributed by atoms with E-state index in [4.69, 9.17) is 20.3 Å². The summed E-state index contributed by atoms with van der Waals surface area (Å²) in [7, 11) is 1.57. The molecule has 72 valence electrons. The first kappa shape index (κ1) is 9.67. The number of nitrogens with two attached hydrogens (primary N) is 1. The summed E-state index contributed by atoms with van der Waals surface area (Å²) in [5.41, 5.74) is 6.16. The zero-order valence-electron chi connectivity index (χ0n) is 7.49. The van der Waals surface area contributed by atoms with Gasteiger partial charge in [0.2, 0.25) is 0 Å². The molecule has 1 aromatic carbocycles. The van der Waals surface area contributed by atoms with Crippen LogP contribution in [0.1, 0.15) is 0 Å². The molecule has 0 radical (unpaired) electrons. The lowest BCUT2D eigenvalue weighted by Gasteiger charge is -2.08. The minimum absolute atomic E-state index is 0.0224. The van der Waals surface area contributed by atoms with Crippen molar-refractivity contribution in [1.29, 1.82) is 0 Å². The Labute approximate surface area is 76.9 Å². The lowest BCUT2D eigenvalue weighted by molar-refractivity contribution is 0.202. The predicted molar refractivity (Wildman–Crippen MR) is 50.0 cm³/mol. The zero-order chi connectivity index (χ0) is 9.68. The molecule has 0 heterocycles. The molecular formula is C9H13NO3. The van der Waals surface area contributed by atoms with Gasteiger partial charge in [-0.25, -0.2) is 0 Å². The average Bonchev–Trinajstić information content (AvgIpc) is 2.16. The van der Waals surface area contributed by atoms with Crippen LogP contribution in [-0.2, 0) is 0 Å². The van der Waals surface area contributed by atoms with E-state index in [0.717, 1.165) is 0 Å². The number of benzene rings is 1. The summed E-state index contributed by atoms with van der Waals surface area (Å²) in [6, 6.07) is 5.14. The number of methoxy groups -OCH3 is 1. The standard InChI is InChI=1S/C9H13NO3/c1-12-7-2-3-9(8(10)6-7)13-5-4-11/h2-3,6,11H,4-5,10H2,1H3. The second-order valence-electron chi connectivity index (χ2n) is 2.48. The Morgan fingerprint density at radius 2 is 2.23 bits per heavy atom. The van der Waals surface area contributed by atoms with Crippen molar-refractivity contribution in [3.05, 3.63) is 18.2 Å². The first-order valence-electron chi connectivity index (χ1n) is 3.95. The Morgan fingerprint density at radius 1 is 1.46 bits per heavy atom. The Hall–Kier alpha value is -1.42. The van der Waals surface area contributed by atoms with E-state index in [9.17, 15) is 0 Å². The van der Waals surface area contributed by atoms with Gasteiger partial charge in [0.05, 0.1) is 19.4 Å². The van der Waals surface area contributed by atoms with Crippen LogP contribution in [0.15, 0.2) is 18.2 Å². The van der Waals surface area contributed by atoms with Gasteiger partial charge < -0.3 is 20.3 Å². The van der Waals surface area contributed by atoms with Crippen molar-refractivity contribution in [1.82, 2.24) is 0 Å². The Balaban J connectivity index is 2.73. The molecular weight excluding hydrogens is 170 g/mol. The third-order valence-electron chi connectivity index (χ3n) is 1.57. The highest BCUT2D eigenvalue weighted by molar-refractivity contribution is 5.56. The summed E-state index contributed by atoms with van der Waals surface area (Å²) in [6.45, 7) is 0.224. The van der Waals surface area contributed by atoms with Gasteiger partial charge in [-0.3, -0.25) is 0 Å². The van der Waals surface area contributed by atoms with E-state index in [1.807, 2.05) is 0 Å². The number of hydrogen-bond acceptors (Lipinski definition) is 4. The Kier molecular flexibility index (Phi) is 3.40. The van der Waals surface area contributed by atoms with Crippen LogP contribution in [0.3, 0.4) is 0 Å². The lowest BCUT2D eigenvalue weighted by Crippen LogP contribution is -2.03. The highest BCUT2D eigenvalue weighted by atomic mass is 16.5. The van der Waals surface area contributed by atoms with Crippen molar-refractivity contribution >= 4 is 5.69 Å². The lowest BCUT2D eigenvalue weighted by atomic mass is 10.3. The maximum absolute atomic E-state index is 8.53. The Bertz CT molecular complexity index is 276. The SMILES string of the molecule is COc1ccc(OCCO)c(N)c1. The van der Waals surface area contributed by atoms with Crippen molar-refractivity contribution in [2.24, 2.45) is 0 Å². The van der Waals surface area contributed by atoms with E-state index in [0.29, 0.717) is 17.2 Å². The molecule has 0 spiro atoms. The highest BCUT2D eigenvalue weighted by Gasteiger charge is 2.01. The molecule has 3 N–H and O–H groups in total. The molecule has 0 amide bonds. The predicted octanol–water partition coefficient (Wildman–Crippen LogP) is 0.649. The second kappa shape index (κ2) is 4.57. The van der Waals surface area contributed by atoms with Crippen LogP contribution < -0.4 is 15.2 Å². The van der Waals surface area contributed by atoms with Crippen LogP contribution >= 0.6 is 0 Å². The van der Waals surface area contributed by atoms with Crippen LogP contribution in [0.4, 0.5) is 5.69 Å². The smallest absolute Gasteiger partial charge is 0.142 e. The number of anilines is 1. The molecule has 1 rings (SSSR count). The van der Waals surface area contributed by atoms with Gasteiger partial charge in [-0.05, 0) is 12.1 Å². The van der Waals surface area contributed by atoms with E-state index in [2.05, 4.69) is 0 Å². The van der Waals surface area contributed by atoms with Crippen LogP contribution in [0.5, 0.6) is 11.5 Å². The number of aliphatic hydroxyl groups is 1. The molecule has 1 aromatic rings. The molecule has 0 fully saturated rings. The van der Waals surface area contributed by atoms with Gasteiger partial charge >= 0.3 is 0 Å². The van der Waals surface area contributed by atoms with E-state index < -0.39 is 0 Å². The maximum Gasteiger partial charge on any atom is 0.142 e. The largest absolute Gasteiger partial charge is 0.497 e. The van der Waals surface area contributed by atoms with Crippen LogP contribution in [0, 0.1) is 0 Å². The van der Waals surface area contributed by atoms with Gasteiger partial charge in [-0.2, -0.15) is 0 Å². The summed E-state index contributed by atoms with van der Waals surface area (Å²) in [6.07, 6.45) is 0. The first-order chi connectivity index (χ1) is 6.27. The van der Waals surface area contributed by atoms with Crippen molar-refractivity contribution < 1.29 is 14.6 Å². The number of hydrogen-bond donors (Lipinski definition) is 2. The highest BCUT2D eigenvalue weighted by Crippen LogP contribution is 2.25. The summed E-state index contributed by atoms with van der Waals surface area (Å²) >= 11 is 0. The van der Waals surface area contributed by atoms with Gasteiger partial charge in [0.25, 0.3) is 0 Å². The molecule has 0 bridgehead atoms. The number of rotatable bonds is 4. The quantitative estimate of drug-likeness (QED) is 0.672. The van der Waals surface area contributed by atoms with Crippen molar-refractivity contribution in [3.63, 3.8) is 0 Å². The minimum Gasteiger partial charge on any atom is -0.497 e. The van der Waals surface area contributed by atoms with E-state index in [1.54, 1.807) is 25.3 Å². The van der Waals surface area contributed by atoms with Gasteiger partial charge in [0.1, 0.15) is 18.1 Å². The fraction of sp³-hybridized carbons (Fsp3) is 0.333. The fourth-order valence-corrected chi connectivity index (χ4v) is 0.941. The molecule has 4 nitrogen and oxygen atoms in total. The molecule has 0 aliphatic carbocycles. The van der Waals surface area contributed by atoms with E-state index in [1.165, 1.54) is 0 Å². The monoisotopic (exact) mass is 183 g/mol. The van der Waals surface area contributed by atoms with Crippen molar-refractivity contribution in [3.8, 4) is 11.5 Å². The molecule has 4 heteroatoms. The van der Waals surface area contributed by atoms with Crippen molar-refractivity contribution in [2.45, 2.75) is 0 Å². The first-order valence-corrected chi connectivity index (χ1v) is 3.95. The molecule has 0 unspecified atom stereocenters. The maximum atomic E-state index is 8.53. The fourth-order valence-electron chi connectivity index (χ4n) is 0.941. The second-order valence-corrected chi connectivity index (χ2v) is 2.48. The summed E-state index contributed by atoms with van der Waals surface area (Å²) in [4.78, 5) is 0. The average molecular weight is 183 g/mol. The Morgan fingerprint density at radius 3 is 2.77 bits per heavy atom. The van der Waals surface area contributed by atoms with E-state index in [-0.39, 0.29) is 13.2 Å². The minimum atomic E-state index is -0.0224. The van der Waals surface area contributed by atoms with E-state index >= 15 is 0 Å². The molecule has 0 aromatic heterocycles. The molecule has 0 aliphatic heterocycles. The number of ether oxygens (including phenoxy) is 2. The van der Waals surface area contributed by atoms with Crippen molar-refractivity contribution in [2.75, 3.05) is 26.1 Å². The number of aliphatic hydroxyl groups excluding tert-OH is 1. The van der Waals surface area contributed by atoms with Gasteiger partial charge in [0, 0.05) is 6.07 Å². The summed E-state index contributed by atoms with van der Waals surface area (Å²) in [5.74, 6) is 1.25. The van der Waals surface area contributed by atoms with Gasteiger partial charge in [-0.1, -0.05) is 0 Å². The topological polar surface area (TPSA) is 64.7 Å². The van der Waals surface area contributed by atoms with Gasteiger partial charge in [0.15, 0.2) is 0 Å². The van der Waals surface area contributed by atoms with Crippen LogP contribution in [0.25, 0.3) is 0 Å². The van der Waals surface area contributed by atoms with Gasteiger partial charge in [-0.15, -0.1) is 0 Å². The number of nitrogen functional groups attached to an aromatic ring is 1. The zero-order valence-corrected chi connectivity index (χ0v) is 7.49. The summed E-state index contributed by atoms with van der Waals surface area (Å²) in [5, 5.41) is 8.53. The molecule has 0 aliphatic rings.